The smallest absolute Gasteiger partial charge is 0.234 e. The number of aromatic nitrogens is 4. The first-order valence-electron chi connectivity index (χ1n) is 6.68. The second kappa shape index (κ2) is 5.30. The molecule has 3 aromatic rings. The number of hydrogen-bond acceptors (Lipinski definition) is 5. The predicted molar refractivity (Wildman–Crippen MR) is 80.5 cm³/mol. The van der Waals surface area contributed by atoms with E-state index in [4.69, 9.17) is 5.73 Å². The molecular formula is C14H17N5S. The molecule has 2 aromatic heterocycles. The third-order valence-corrected chi connectivity index (χ3v) is 4.00. The van der Waals surface area contributed by atoms with Crippen LogP contribution >= 0.6 is 11.3 Å². The standard InChI is InChI=1S/C14H17N5S/c1-9(2)6-12-16-17-14-19(12)18-13(20-14)11-5-3-4-10(7-11)8-15/h3-5,7,9H,6,8,15H2,1-2H3. The lowest BCUT2D eigenvalue weighted by atomic mass is 10.1. The zero-order chi connectivity index (χ0) is 14.1. The highest BCUT2D eigenvalue weighted by Crippen LogP contribution is 2.26. The lowest BCUT2D eigenvalue weighted by Crippen LogP contribution is -2.01. The number of fused-ring (bicyclic) bond motifs is 1. The van der Waals surface area contributed by atoms with Gasteiger partial charge in [0.05, 0.1) is 0 Å². The van der Waals surface area contributed by atoms with Crippen molar-refractivity contribution in [2.75, 3.05) is 0 Å². The first-order valence-corrected chi connectivity index (χ1v) is 7.49. The summed E-state index contributed by atoms with van der Waals surface area (Å²) in [7, 11) is 0. The lowest BCUT2D eigenvalue weighted by molar-refractivity contribution is 0.607. The van der Waals surface area contributed by atoms with Crippen LogP contribution in [0.3, 0.4) is 0 Å². The van der Waals surface area contributed by atoms with Crippen LogP contribution in [0.1, 0.15) is 25.2 Å². The van der Waals surface area contributed by atoms with Gasteiger partial charge in [-0.25, -0.2) is 0 Å². The van der Waals surface area contributed by atoms with Gasteiger partial charge in [-0.3, -0.25) is 0 Å². The number of benzene rings is 1. The fraction of sp³-hybridized carbons (Fsp3) is 0.357. The van der Waals surface area contributed by atoms with Gasteiger partial charge in [-0.2, -0.15) is 9.61 Å². The van der Waals surface area contributed by atoms with Crippen LogP contribution in [-0.4, -0.2) is 19.8 Å². The molecule has 0 saturated heterocycles. The third kappa shape index (κ3) is 2.44. The Morgan fingerprint density at radius 2 is 2.15 bits per heavy atom. The molecule has 2 heterocycles. The van der Waals surface area contributed by atoms with E-state index in [1.54, 1.807) is 11.3 Å². The second-order valence-corrected chi connectivity index (χ2v) is 6.18. The Hall–Kier alpha value is -1.79. The maximum atomic E-state index is 5.69. The fourth-order valence-corrected chi connectivity index (χ4v) is 2.95. The Kier molecular flexibility index (Phi) is 3.50. The van der Waals surface area contributed by atoms with Gasteiger partial charge in [0.1, 0.15) is 5.01 Å². The first-order chi connectivity index (χ1) is 9.67. The molecule has 20 heavy (non-hydrogen) atoms. The summed E-state index contributed by atoms with van der Waals surface area (Å²) in [4.78, 5) is 0.841. The van der Waals surface area contributed by atoms with Gasteiger partial charge in [0.2, 0.25) is 4.96 Å². The van der Waals surface area contributed by atoms with Gasteiger partial charge in [-0.05, 0) is 17.5 Å². The van der Waals surface area contributed by atoms with Gasteiger partial charge >= 0.3 is 0 Å². The molecule has 0 spiro atoms. The van der Waals surface area contributed by atoms with E-state index in [0.717, 1.165) is 33.3 Å². The summed E-state index contributed by atoms with van der Waals surface area (Å²) in [6, 6.07) is 8.16. The highest BCUT2D eigenvalue weighted by molar-refractivity contribution is 7.19. The molecule has 1 aromatic carbocycles. The third-order valence-electron chi connectivity index (χ3n) is 3.06. The van der Waals surface area contributed by atoms with Crippen LogP contribution in [0.4, 0.5) is 0 Å². The maximum absolute atomic E-state index is 5.69. The zero-order valence-corrected chi connectivity index (χ0v) is 12.4. The molecule has 0 saturated carbocycles. The van der Waals surface area contributed by atoms with Gasteiger partial charge in [0.25, 0.3) is 0 Å². The molecule has 0 bridgehead atoms. The topological polar surface area (TPSA) is 69.1 Å². The number of nitrogens with zero attached hydrogens (tertiary/aromatic N) is 4. The Morgan fingerprint density at radius 3 is 2.90 bits per heavy atom. The van der Waals surface area contributed by atoms with E-state index in [2.05, 4.69) is 35.2 Å². The average molecular weight is 287 g/mol. The average Bonchev–Trinajstić information content (AvgIpc) is 3.00. The molecule has 0 aliphatic heterocycles. The molecule has 0 fully saturated rings. The van der Waals surface area contributed by atoms with E-state index in [0.29, 0.717) is 12.5 Å². The first kappa shape index (κ1) is 13.2. The summed E-state index contributed by atoms with van der Waals surface area (Å²) >= 11 is 1.55. The van der Waals surface area contributed by atoms with Crippen LogP contribution in [0, 0.1) is 5.92 Å². The summed E-state index contributed by atoms with van der Waals surface area (Å²) in [5.74, 6) is 1.46. The molecule has 5 nitrogen and oxygen atoms in total. The molecule has 104 valence electrons. The molecule has 2 N–H and O–H groups in total. The SMILES string of the molecule is CC(C)Cc1nnc2sc(-c3cccc(CN)c3)nn12. The normalized spacial score (nSPS) is 11.6. The largest absolute Gasteiger partial charge is 0.326 e. The second-order valence-electron chi connectivity index (χ2n) is 5.22. The van der Waals surface area contributed by atoms with Crippen LogP contribution in [0.15, 0.2) is 24.3 Å². The van der Waals surface area contributed by atoms with Crippen molar-refractivity contribution >= 4 is 16.3 Å². The maximum Gasteiger partial charge on any atom is 0.234 e. The summed E-state index contributed by atoms with van der Waals surface area (Å²) in [6.07, 6.45) is 0.882. The van der Waals surface area contributed by atoms with Crippen LogP contribution in [-0.2, 0) is 13.0 Å². The van der Waals surface area contributed by atoms with E-state index < -0.39 is 0 Å². The summed E-state index contributed by atoms with van der Waals surface area (Å²) in [5, 5.41) is 14.0. The van der Waals surface area contributed by atoms with Crippen LogP contribution in [0.2, 0.25) is 0 Å². The van der Waals surface area contributed by atoms with Crippen LogP contribution < -0.4 is 5.73 Å². The quantitative estimate of drug-likeness (QED) is 0.800. The number of nitrogens with two attached hydrogens (primary N) is 1. The van der Waals surface area contributed by atoms with E-state index >= 15 is 0 Å². The Labute approximate surface area is 121 Å². The van der Waals surface area contributed by atoms with Gasteiger partial charge in [0, 0.05) is 18.5 Å². The van der Waals surface area contributed by atoms with Crippen molar-refractivity contribution in [1.82, 2.24) is 19.8 Å². The van der Waals surface area contributed by atoms with Crippen molar-refractivity contribution in [3.05, 3.63) is 35.7 Å². The van der Waals surface area contributed by atoms with Gasteiger partial charge < -0.3 is 5.73 Å². The van der Waals surface area contributed by atoms with E-state index in [9.17, 15) is 0 Å². The Balaban J connectivity index is 2.02. The van der Waals surface area contributed by atoms with E-state index in [1.807, 2.05) is 22.7 Å². The summed E-state index contributed by atoms with van der Waals surface area (Å²) < 4.78 is 1.86. The molecule has 6 heteroatoms. The fourth-order valence-electron chi connectivity index (χ4n) is 2.10. The van der Waals surface area contributed by atoms with Crippen molar-refractivity contribution in [2.45, 2.75) is 26.8 Å². The van der Waals surface area contributed by atoms with E-state index in [1.165, 1.54) is 0 Å². The highest BCUT2D eigenvalue weighted by Gasteiger charge is 2.13. The predicted octanol–water partition coefficient (Wildman–Crippen LogP) is 2.51. The van der Waals surface area contributed by atoms with E-state index in [-0.39, 0.29) is 0 Å². The van der Waals surface area contributed by atoms with Gasteiger partial charge in [-0.1, -0.05) is 43.4 Å². The molecular weight excluding hydrogens is 270 g/mol. The van der Waals surface area contributed by atoms with Crippen molar-refractivity contribution in [2.24, 2.45) is 11.7 Å². The monoisotopic (exact) mass is 287 g/mol. The lowest BCUT2D eigenvalue weighted by Gasteiger charge is -2.00. The molecule has 0 amide bonds. The van der Waals surface area contributed by atoms with Gasteiger partial charge in [-0.15, -0.1) is 10.2 Å². The highest BCUT2D eigenvalue weighted by atomic mass is 32.1. The number of hydrogen-bond donors (Lipinski definition) is 1. The van der Waals surface area contributed by atoms with Crippen molar-refractivity contribution in [3.8, 4) is 10.6 Å². The molecule has 0 atom stereocenters. The summed E-state index contributed by atoms with van der Waals surface area (Å²) in [5.41, 5.74) is 7.88. The molecule has 3 rings (SSSR count). The molecule has 0 aliphatic carbocycles. The number of rotatable bonds is 4. The minimum absolute atomic E-state index is 0.535. The van der Waals surface area contributed by atoms with Gasteiger partial charge in [0.15, 0.2) is 5.82 Å². The minimum Gasteiger partial charge on any atom is -0.326 e. The summed E-state index contributed by atoms with van der Waals surface area (Å²) in [6.45, 7) is 4.87. The van der Waals surface area contributed by atoms with Crippen LogP contribution in [0.5, 0.6) is 0 Å². The van der Waals surface area contributed by atoms with Crippen LogP contribution in [0.25, 0.3) is 15.5 Å². The van der Waals surface area contributed by atoms with Crippen molar-refractivity contribution < 1.29 is 0 Å². The minimum atomic E-state index is 0.535. The van der Waals surface area contributed by atoms with Crippen molar-refractivity contribution in [1.29, 1.82) is 0 Å². The zero-order valence-electron chi connectivity index (χ0n) is 11.6. The molecule has 0 aliphatic rings. The molecule has 0 unspecified atom stereocenters. The Morgan fingerprint density at radius 1 is 1.30 bits per heavy atom. The molecule has 0 radical (unpaired) electrons. The van der Waals surface area contributed by atoms with Crippen molar-refractivity contribution in [3.63, 3.8) is 0 Å². The Bertz CT molecular complexity index is 728.